The maximum Gasteiger partial charge on any atom is 0.433 e. The molecule has 1 fully saturated rings. The van der Waals surface area contributed by atoms with Crippen LogP contribution in [0.25, 0.3) is 11.4 Å². The molecule has 0 radical (unpaired) electrons. The number of hydrogen-bond donors (Lipinski definition) is 3. The molecule has 0 aliphatic carbocycles. The molecule has 2 atom stereocenters. The number of carbonyl (C=O) groups excluding carboxylic acids is 1. The highest BCUT2D eigenvalue weighted by Crippen LogP contribution is 2.30. The molecule has 1 unspecified atom stereocenters. The summed E-state index contributed by atoms with van der Waals surface area (Å²) in [5.41, 5.74) is 2.39. The number of halogens is 3. The lowest BCUT2D eigenvalue weighted by Crippen LogP contribution is -2.37. The van der Waals surface area contributed by atoms with Gasteiger partial charge in [-0.3, -0.25) is 4.79 Å². The van der Waals surface area contributed by atoms with Gasteiger partial charge in [0.05, 0.1) is 5.69 Å². The molecule has 1 amide bonds. The quantitative estimate of drug-likeness (QED) is 0.508. The van der Waals surface area contributed by atoms with Crippen molar-refractivity contribution in [3.63, 3.8) is 0 Å². The summed E-state index contributed by atoms with van der Waals surface area (Å²) in [5.74, 6) is 4.40. The summed E-state index contributed by atoms with van der Waals surface area (Å²) in [4.78, 5) is 20.7. The molecule has 1 aliphatic heterocycles. The number of aromatic nitrogens is 2. The lowest BCUT2D eigenvalue weighted by atomic mass is 10.0. The van der Waals surface area contributed by atoms with Gasteiger partial charge in [-0.25, -0.2) is 9.97 Å². The summed E-state index contributed by atoms with van der Waals surface area (Å²) < 4.78 is 39.3. The van der Waals surface area contributed by atoms with E-state index in [0.717, 1.165) is 0 Å². The highest BCUT2D eigenvalue weighted by Gasteiger charge is 2.42. The number of nitrogens with zero attached hydrogens (tertiary/aromatic N) is 3. The third kappa shape index (κ3) is 4.37. The fraction of sp³-hybridized carbons (Fsp3) is 0.316. The Hall–Kier alpha value is -3.00. The van der Waals surface area contributed by atoms with Crippen molar-refractivity contribution in [2.75, 3.05) is 13.6 Å². The minimum absolute atomic E-state index is 0.156. The predicted octanol–water partition coefficient (Wildman–Crippen LogP) is 1.06. The monoisotopic (exact) mass is 406 g/mol. The van der Waals surface area contributed by atoms with E-state index in [1.54, 1.807) is 13.1 Å². The van der Waals surface area contributed by atoms with E-state index < -0.39 is 29.6 Å². The van der Waals surface area contributed by atoms with Gasteiger partial charge in [0.2, 0.25) is 5.60 Å². The molecule has 4 N–H and O–H groups in total. The molecule has 10 heteroatoms. The van der Waals surface area contributed by atoms with Gasteiger partial charge in [0, 0.05) is 31.1 Å². The number of alkyl halides is 3. The number of carbonyl (C=O) groups is 1. The number of aliphatic hydroxyl groups is 2. The zero-order valence-electron chi connectivity index (χ0n) is 15.2. The van der Waals surface area contributed by atoms with Crippen molar-refractivity contribution < 1.29 is 28.2 Å². The smallest absolute Gasteiger partial charge is 0.373 e. The van der Waals surface area contributed by atoms with Crippen LogP contribution in [0, 0.1) is 11.8 Å². The number of rotatable bonds is 2. The Morgan fingerprint density at radius 3 is 2.62 bits per heavy atom. The Morgan fingerprint density at radius 1 is 1.31 bits per heavy atom. The third-order valence-electron chi connectivity index (χ3n) is 4.38. The van der Waals surface area contributed by atoms with E-state index in [-0.39, 0.29) is 23.5 Å². The van der Waals surface area contributed by atoms with Crippen molar-refractivity contribution >= 4 is 5.91 Å². The van der Waals surface area contributed by atoms with Crippen molar-refractivity contribution in [3.8, 4) is 23.2 Å². The number of nitrogens with two attached hydrogens (primary N) is 1. The second-order valence-electron chi connectivity index (χ2n) is 6.61. The van der Waals surface area contributed by atoms with Crippen molar-refractivity contribution in [1.82, 2.24) is 14.9 Å². The van der Waals surface area contributed by atoms with Gasteiger partial charge in [-0.05, 0) is 18.2 Å². The second kappa shape index (κ2) is 7.44. The molecule has 1 saturated heterocycles. The fourth-order valence-corrected chi connectivity index (χ4v) is 2.77. The zero-order chi connectivity index (χ0) is 21.4. The standard InChI is InChI=1S/C19H17F3N4O3/c1-26-8-7-18(29,17(26)28)6-5-11-3-2-4-12(9-11)16-24-13(15(23)27)10-14(25-16)19(20,21)22/h2-4,9-10,15,27,29H,7-8,23H2,1H3/t15?,18-/m0/s1. The molecule has 0 spiro atoms. The van der Waals surface area contributed by atoms with Gasteiger partial charge in [0.25, 0.3) is 5.91 Å². The Morgan fingerprint density at radius 2 is 2.03 bits per heavy atom. The van der Waals surface area contributed by atoms with Crippen molar-refractivity contribution in [3.05, 3.63) is 47.3 Å². The summed E-state index contributed by atoms with van der Waals surface area (Å²) in [6.07, 6.45) is -6.30. The van der Waals surface area contributed by atoms with Crippen LogP contribution >= 0.6 is 0 Å². The number of hydrogen-bond acceptors (Lipinski definition) is 6. The van der Waals surface area contributed by atoms with Gasteiger partial charge in [-0.15, -0.1) is 0 Å². The lowest BCUT2D eigenvalue weighted by Gasteiger charge is -2.13. The van der Waals surface area contributed by atoms with E-state index in [1.807, 2.05) is 0 Å². The summed E-state index contributed by atoms with van der Waals surface area (Å²) >= 11 is 0. The van der Waals surface area contributed by atoms with E-state index in [9.17, 15) is 28.2 Å². The van der Waals surface area contributed by atoms with Gasteiger partial charge in [0.15, 0.2) is 5.82 Å². The maximum atomic E-state index is 13.1. The first kappa shape index (κ1) is 20.7. The molecule has 29 heavy (non-hydrogen) atoms. The summed E-state index contributed by atoms with van der Waals surface area (Å²) in [7, 11) is 1.55. The van der Waals surface area contributed by atoms with Crippen molar-refractivity contribution in [2.24, 2.45) is 5.73 Å². The molecule has 0 bridgehead atoms. The van der Waals surface area contributed by atoms with Gasteiger partial charge in [-0.1, -0.05) is 24.0 Å². The molecular weight excluding hydrogens is 389 g/mol. The first-order valence-corrected chi connectivity index (χ1v) is 8.51. The van der Waals surface area contributed by atoms with E-state index in [0.29, 0.717) is 18.2 Å². The van der Waals surface area contributed by atoms with Crippen LogP contribution < -0.4 is 5.73 Å². The van der Waals surface area contributed by atoms with Crippen LogP contribution in [0.3, 0.4) is 0 Å². The van der Waals surface area contributed by atoms with Gasteiger partial charge in [0.1, 0.15) is 11.9 Å². The average Bonchev–Trinajstić information content (AvgIpc) is 2.93. The molecule has 3 rings (SSSR count). The van der Waals surface area contributed by atoms with Crippen LogP contribution in [-0.4, -0.2) is 50.2 Å². The fourth-order valence-electron chi connectivity index (χ4n) is 2.77. The Kier molecular flexibility index (Phi) is 5.32. The summed E-state index contributed by atoms with van der Waals surface area (Å²) in [6.45, 7) is 0.367. The number of likely N-dealkylation sites (tertiary alicyclic amines) is 1. The first-order chi connectivity index (χ1) is 13.5. The Balaban J connectivity index is 2.00. The Bertz CT molecular complexity index is 1010. The molecule has 1 aromatic carbocycles. The van der Waals surface area contributed by atoms with Crippen LogP contribution in [0.4, 0.5) is 13.2 Å². The molecule has 0 saturated carbocycles. The molecular formula is C19H17F3N4O3. The number of aliphatic hydroxyl groups excluding tert-OH is 1. The van der Waals surface area contributed by atoms with Gasteiger partial charge >= 0.3 is 6.18 Å². The second-order valence-corrected chi connectivity index (χ2v) is 6.61. The number of amides is 1. The topological polar surface area (TPSA) is 113 Å². The number of benzene rings is 1. The van der Waals surface area contributed by atoms with E-state index in [1.165, 1.54) is 23.1 Å². The highest BCUT2D eigenvalue weighted by atomic mass is 19.4. The Labute approximate surface area is 164 Å². The van der Waals surface area contributed by atoms with Crippen LogP contribution in [0.15, 0.2) is 30.3 Å². The van der Waals surface area contributed by atoms with E-state index in [2.05, 4.69) is 21.8 Å². The summed E-state index contributed by atoms with van der Waals surface area (Å²) in [6, 6.07) is 6.55. The number of likely N-dealkylation sites (N-methyl/N-ethyl adjacent to an activating group) is 1. The summed E-state index contributed by atoms with van der Waals surface area (Å²) in [5, 5.41) is 19.8. The van der Waals surface area contributed by atoms with Crippen LogP contribution in [0.2, 0.25) is 0 Å². The van der Waals surface area contributed by atoms with Crippen LogP contribution in [0.1, 0.15) is 29.6 Å². The molecule has 1 aliphatic rings. The predicted molar refractivity (Wildman–Crippen MR) is 95.7 cm³/mol. The van der Waals surface area contributed by atoms with Crippen LogP contribution in [-0.2, 0) is 11.0 Å². The van der Waals surface area contributed by atoms with E-state index in [4.69, 9.17) is 5.73 Å². The lowest BCUT2D eigenvalue weighted by molar-refractivity contribution is -0.141. The molecule has 7 nitrogen and oxygen atoms in total. The molecule has 2 aromatic rings. The minimum atomic E-state index is -4.75. The molecule has 152 valence electrons. The normalized spacial score (nSPS) is 20.4. The zero-order valence-corrected chi connectivity index (χ0v) is 15.2. The van der Waals surface area contributed by atoms with Gasteiger partial charge in [-0.2, -0.15) is 13.2 Å². The van der Waals surface area contributed by atoms with Crippen molar-refractivity contribution in [1.29, 1.82) is 0 Å². The minimum Gasteiger partial charge on any atom is -0.373 e. The average molecular weight is 406 g/mol. The molecule has 2 heterocycles. The first-order valence-electron chi connectivity index (χ1n) is 8.51. The van der Waals surface area contributed by atoms with Gasteiger partial charge < -0.3 is 20.8 Å². The van der Waals surface area contributed by atoms with Crippen molar-refractivity contribution in [2.45, 2.75) is 24.4 Å². The SMILES string of the molecule is CN1CC[C@@](O)(C#Cc2cccc(-c3nc(C(N)O)cc(C(F)(F)F)n3)c2)C1=O. The molecule has 1 aromatic heterocycles. The van der Waals surface area contributed by atoms with Crippen LogP contribution in [0.5, 0.6) is 0 Å². The maximum absolute atomic E-state index is 13.1. The third-order valence-corrected chi connectivity index (χ3v) is 4.38. The highest BCUT2D eigenvalue weighted by molar-refractivity contribution is 5.90. The largest absolute Gasteiger partial charge is 0.433 e. The van der Waals surface area contributed by atoms with E-state index >= 15 is 0 Å².